The Bertz CT molecular complexity index is 962. The fraction of sp³-hybridized carbons (Fsp3) is 0.105. The molecule has 0 saturated heterocycles. The van der Waals surface area contributed by atoms with E-state index in [1.807, 2.05) is 18.2 Å². The highest BCUT2D eigenvalue weighted by atomic mass is 16.7. The SMILES string of the molecule is N#C/C(=C/NCc1ccc2c(c1)OCO2)C(=O)Nc1cccc(C(=O)O)c1. The Morgan fingerprint density at radius 2 is 2.00 bits per heavy atom. The van der Waals surface area contributed by atoms with Crippen molar-refractivity contribution in [1.29, 1.82) is 5.26 Å². The Labute approximate surface area is 154 Å². The number of carbonyl (C=O) groups excluding carboxylic acids is 1. The fourth-order valence-electron chi connectivity index (χ4n) is 2.40. The van der Waals surface area contributed by atoms with E-state index in [2.05, 4.69) is 10.6 Å². The zero-order valence-corrected chi connectivity index (χ0v) is 14.1. The molecule has 3 N–H and O–H groups in total. The minimum atomic E-state index is -1.10. The summed E-state index contributed by atoms with van der Waals surface area (Å²) in [6, 6.07) is 13.0. The van der Waals surface area contributed by atoms with Crippen molar-refractivity contribution in [1.82, 2.24) is 5.32 Å². The van der Waals surface area contributed by atoms with Gasteiger partial charge in [0, 0.05) is 18.4 Å². The van der Waals surface area contributed by atoms with E-state index < -0.39 is 11.9 Å². The van der Waals surface area contributed by atoms with E-state index in [-0.39, 0.29) is 23.6 Å². The highest BCUT2D eigenvalue weighted by molar-refractivity contribution is 6.06. The number of nitriles is 1. The first kappa shape index (κ1) is 17.8. The Balaban J connectivity index is 1.62. The molecular weight excluding hydrogens is 350 g/mol. The van der Waals surface area contributed by atoms with Crippen LogP contribution in [-0.4, -0.2) is 23.8 Å². The average Bonchev–Trinajstić information content (AvgIpc) is 3.13. The highest BCUT2D eigenvalue weighted by Crippen LogP contribution is 2.32. The van der Waals surface area contributed by atoms with Gasteiger partial charge in [-0.3, -0.25) is 4.79 Å². The van der Waals surface area contributed by atoms with E-state index in [0.29, 0.717) is 18.0 Å². The van der Waals surface area contributed by atoms with Gasteiger partial charge in [-0.15, -0.1) is 0 Å². The van der Waals surface area contributed by atoms with Crippen molar-refractivity contribution >= 4 is 17.6 Å². The molecule has 136 valence electrons. The number of amides is 1. The van der Waals surface area contributed by atoms with E-state index in [1.165, 1.54) is 24.4 Å². The molecular formula is C19H15N3O5. The predicted octanol–water partition coefficient (Wildman–Crippen LogP) is 2.25. The lowest BCUT2D eigenvalue weighted by Gasteiger charge is -2.06. The minimum Gasteiger partial charge on any atom is -0.478 e. The van der Waals surface area contributed by atoms with Crippen LogP contribution in [0.25, 0.3) is 0 Å². The number of nitrogens with zero attached hydrogens (tertiary/aromatic N) is 1. The van der Waals surface area contributed by atoms with Crippen LogP contribution in [0.15, 0.2) is 54.2 Å². The zero-order valence-electron chi connectivity index (χ0n) is 14.1. The number of rotatable bonds is 6. The van der Waals surface area contributed by atoms with Gasteiger partial charge < -0.3 is 25.2 Å². The Kier molecular flexibility index (Phi) is 5.23. The van der Waals surface area contributed by atoms with Crippen LogP contribution >= 0.6 is 0 Å². The number of anilines is 1. The molecule has 27 heavy (non-hydrogen) atoms. The molecule has 0 spiro atoms. The van der Waals surface area contributed by atoms with Crippen molar-refractivity contribution in [3.05, 3.63) is 65.4 Å². The molecule has 8 nitrogen and oxygen atoms in total. The third-order valence-corrected chi connectivity index (χ3v) is 3.72. The van der Waals surface area contributed by atoms with Gasteiger partial charge in [-0.1, -0.05) is 12.1 Å². The van der Waals surface area contributed by atoms with Gasteiger partial charge in [0.05, 0.1) is 5.56 Å². The van der Waals surface area contributed by atoms with Crippen molar-refractivity contribution in [3.63, 3.8) is 0 Å². The summed E-state index contributed by atoms with van der Waals surface area (Å²) in [6.45, 7) is 0.567. The molecule has 3 rings (SSSR count). The Hall–Kier alpha value is -3.99. The molecule has 0 aliphatic carbocycles. The van der Waals surface area contributed by atoms with Crippen LogP contribution in [0.4, 0.5) is 5.69 Å². The van der Waals surface area contributed by atoms with Crippen molar-refractivity contribution in [2.75, 3.05) is 12.1 Å². The number of carboxylic acids is 1. The smallest absolute Gasteiger partial charge is 0.335 e. The Morgan fingerprint density at radius 1 is 1.19 bits per heavy atom. The average molecular weight is 365 g/mol. The molecule has 0 radical (unpaired) electrons. The number of nitrogens with one attached hydrogen (secondary N) is 2. The molecule has 0 atom stereocenters. The molecule has 2 aromatic carbocycles. The van der Waals surface area contributed by atoms with Gasteiger partial charge in [-0.05, 0) is 35.9 Å². The maximum absolute atomic E-state index is 12.2. The summed E-state index contributed by atoms with van der Waals surface area (Å²) in [4.78, 5) is 23.2. The molecule has 1 heterocycles. The number of hydrogen-bond acceptors (Lipinski definition) is 6. The molecule has 1 aliphatic rings. The number of aromatic carboxylic acids is 1. The summed E-state index contributed by atoms with van der Waals surface area (Å²) in [5.41, 5.74) is 1.08. The third-order valence-electron chi connectivity index (χ3n) is 3.72. The normalized spacial score (nSPS) is 12.2. The number of carbonyl (C=O) groups is 2. The lowest BCUT2D eigenvalue weighted by Crippen LogP contribution is -2.17. The summed E-state index contributed by atoms with van der Waals surface area (Å²) in [7, 11) is 0. The molecule has 0 unspecified atom stereocenters. The maximum Gasteiger partial charge on any atom is 0.335 e. The van der Waals surface area contributed by atoms with Gasteiger partial charge >= 0.3 is 5.97 Å². The first-order valence-electron chi connectivity index (χ1n) is 7.93. The first-order valence-corrected chi connectivity index (χ1v) is 7.93. The summed E-state index contributed by atoms with van der Waals surface area (Å²) in [5.74, 6) is -0.421. The minimum absolute atomic E-state index is 0.0382. The van der Waals surface area contributed by atoms with E-state index in [9.17, 15) is 14.9 Å². The van der Waals surface area contributed by atoms with Crippen LogP contribution in [0, 0.1) is 11.3 Å². The van der Waals surface area contributed by atoms with Gasteiger partial charge in [-0.2, -0.15) is 5.26 Å². The molecule has 1 amide bonds. The van der Waals surface area contributed by atoms with Crippen LogP contribution in [0.3, 0.4) is 0 Å². The van der Waals surface area contributed by atoms with Crippen LogP contribution in [0.2, 0.25) is 0 Å². The van der Waals surface area contributed by atoms with Crippen molar-refractivity contribution in [3.8, 4) is 17.6 Å². The number of carboxylic acid groups (broad SMARTS) is 1. The topological polar surface area (TPSA) is 121 Å². The van der Waals surface area contributed by atoms with Crippen molar-refractivity contribution in [2.24, 2.45) is 0 Å². The van der Waals surface area contributed by atoms with Gasteiger partial charge in [0.1, 0.15) is 11.6 Å². The van der Waals surface area contributed by atoms with E-state index in [1.54, 1.807) is 12.1 Å². The first-order chi connectivity index (χ1) is 13.1. The molecule has 0 saturated carbocycles. The van der Waals surface area contributed by atoms with Crippen LogP contribution < -0.4 is 20.1 Å². The summed E-state index contributed by atoms with van der Waals surface area (Å²) >= 11 is 0. The van der Waals surface area contributed by atoms with Crippen LogP contribution in [0.1, 0.15) is 15.9 Å². The molecule has 8 heteroatoms. The third kappa shape index (κ3) is 4.35. The number of ether oxygens (including phenoxy) is 2. The lowest BCUT2D eigenvalue weighted by molar-refractivity contribution is -0.112. The van der Waals surface area contributed by atoms with E-state index in [0.717, 1.165) is 5.56 Å². The fourth-order valence-corrected chi connectivity index (χ4v) is 2.40. The monoisotopic (exact) mass is 365 g/mol. The van der Waals surface area contributed by atoms with Gasteiger partial charge in [-0.25, -0.2) is 4.79 Å². The van der Waals surface area contributed by atoms with E-state index in [4.69, 9.17) is 14.6 Å². The predicted molar refractivity (Wildman–Crippen MR) is 95.1 cm³/mol. The second kappa shape index (κ2) is 7.93. The zero-order chi connectivity index (χ0) is 19.2. The molecule has 0 bridgehead atoms. The van der Waals surface area contributed by atoms with Crippen LogP contribution in [0.5, 0.6) is 11.5 Å². The molecule has 0 fully saturated rings. The molecule has 2 aromatic rings. The van der Waals surface area contributed by atoms with Crippen LogP contribution in [-0.2, 0) is 11.3 Å². The number of fused-ring (bicyclic) bond motifs is 1. The summed E-state index contributed by atoms with van der Waals surface area (Å²) < 4.78 is 10.5. The number of hydrogen-bond donors (Lipinski definition) is 3. The molecule has 1 aliphatic heterocycles. The maximum atomic E-state index is 12.2. The standard InChI is InChI=1S/C19H15N3O5/c20-8-14(18(23)22-15-3-1-2-13(7-15)19(24)25)10-21-9-12-4-5-16-17(6-12)27-11-26-16/h1-7,10,21H,9,11H2,(H,22,23)(H,24,25)/b14-10-. The summed E-state index contributed by atoms with van der Waals surface area (Å²) in [5, 5.41) is 23.6. The van der Waals surface area contributed by atoms with E-state index >= 15 is 0 Å². The summed E-state index contributed by atoms with van der Waals surface area (Å²) in [6.07, 6.45) is 1.31. The van der Waals surface area contributed by atoms with Gasteiger partial charge in [0.25, 0.3) is 5.91 Å². The second-order valence-electron chi connectivity index (χ2n) is 5.58. The molecule has 0 aromatic heterocycles. The van der Waals surface area contributed by atoms with Crippen molar-refractivity contribution in [2.45, 2.75) is 6.54 Å². The van der Waals surface area contributed by atoms with Gasteiger partial charge in [0.15, 0.2) is 11.5 Å². The quantitative estimate of drug-likeness (QED) is 0.530. The largest absolute Gasteiger partial charge is 0.478 e. The Morgan fingerprint density at radius 3 is 2.78 bits per heavy atom. The lowest BCUT2D eigenvalue weighted by atomic mass is 10.2. The van der Waals surface area contributed by atoms with Gasteiger partial charge in [0.2, 0.25) is 6.79 Å². The second-order valence-corrected chi connectivity index (χ2v) is 5.58. The number of benzene rings is 2. The highest BCUT2D eigenvalue weighted by Gasteiger charge is 2.13. The van der Waals surface area contributed by atoms with Crippen molar-refractivity contribution < 1.29 is 24.2 Å².